The van der Waals surface area contributed by atoms with E-state index in [1.807, 2.05) is 0 Å². The quantitative estimate of drug-likeness (QED) is 0.389. The van der Waals surface area contributed by atoms with E-state index in [-0.39, 0.29) is 55.0 Å². The van der Waals surface area contributed by atoms with Crippen molar-refractivity contribution in [3.05, 3.63) is 57.6 Å². The van der Waals surface area contributed by atoms with Crippen LogP contribution in [0, 0.1) is 10.1 Å². The molecule has 0 aliphatic carbocycles. The minimum absolute atomic E-state index is 0.129. The van der Waals surface area contributed by atoms with Crippen LogP contribution in [0.3, 0.4) is 0 Å². The van der Waals surface area contributed by atoms with E-state index in [2.05, 4.69) is 5.32 Å². The Morgan fingerprint density at radius 2 is 1.65 bits per heavy atom. The Morgan fingerprint density at radius 3 is 2.19 bits per heavy atom. The summed E-state index contributed by atoms with van der Waals surface area (Å²) >= 11 is 0. The van der Waals surface area contributed by atoms with Crippen LogP contribution in [0.5, 0.6) is 11.5 Å². The third-order valence-electron chi connectivity index (χ3n) is 4.90. The van der Waals surface area contributed by atoms with E-state index < -0.39 is 4.92 Å². The number of ether oxygens (including phenoxy) is 2. The van der Waals surface area contributed by atoms with Crippen molar-refractivity contribution in [2.75, 3.05) is 25.7 Å². The molecule has 1 aliphatic rings. The van der Waals surface area contributed by atoms with E-state index in [9.17, 15) is 24.5 Å². The Morgan fingerprint density at radius 1 is 1.06 bits per heavy atom. The fourth-order valence-corrected chi connectivity index (χ4v) is 3.32. The van der Waals surface area contributed by atoms with Gasteiger partial charge in [-0.3, -0.25) is 29.4 Å². The first-order chi connectivity index (χ1) is 14.8. The van der Waals surface area contributed by atoms with Crippen molar-refractivity contribution in [3.8, 4) is 11.5 Å². The molecule has 0 saturated carbocycles. The van der Waals surface area contributed by atoms with Crippen LogP contribution in [0.15, 0.2) is 36.4 Å². The van der Waals surface area contributed by atoms with Gasteiger partial charge in [-0.1, -0.05) is 0 Å². The number of amides is 3. The number of carbonyl (C=O) groups excluding carboxylic acids is 3. The molecule has 0 unspecified atom stereocenters. The van der Waals surface area contributed by atoms with E-state index >= 15 is 0 Å². The molecule has 162 valence electrons. The Balaban J connectivity index is 1.66. The number of benzene rings is 2. The number of carbonyl (C=O) groups is 3. The Bertz CT molecular complexity index is 1020. The molecule has 0 spiro atoms. The van der Waals surface area contributed by atoms with Gasteiger partial charge in [-0.2, -0.15) is 0 Å². The molecule has 3 rings (SSSR count). The lowest BCUT2D eigenvalue weighted by atomic mass is 10.1. The minimum Gasteiger partial charge on any atom is -0.493 e. The number of nitro groups is 1. The predicted molar refractivity (Wildman–Crippen MR) is 110 cm³/mol. The lowest BCUT2D eigenvalue weighted by molar-refractivity contribution is -0.385. The van der Waals surface area contributed by atoms with Gasteiger partial charge in [0.1, 0.15) is 0 Å². The van der Waals surface area contributed by atoms with Crippen LogP contribution in [-0.4, -0.2) is 43.4 Å². The van der Waals surface area contributed by atoms with Gasteiger partial charge < -0.3 is 14.8 Å². The number of nitrogens with zero attached hydrogens (tertiary/aromatic N) is 2. The van der Waals surface area contributed by atoms with E-state index in [1.54, 1.807) is 0 Å². The van der Waals surface area contributed by atoms with E-state index in [1.165, 1.54) is 50.6 Å². The van der Waals surface area contributed by atoms with Gasteiger partial charge >= 0.3 is 0 Å². The van der Waals surface area contributed by atoms with E-state index in [4.69, 9.17) is 9.47 Å². The third-order valence-corrected chi connectivity index (χ3v) is 4.90. The molecular weight excluding hydrogens is 406 g/mol. The molecule has 1 N–H and O–H groups in total. The molecule has 31 heavy (non-hydrogen) atoms. The summed E-state index contributed by atoms with van der Waals surface area (Å²) < 4.78 is 10.3. The molecule has 10 heteroatoms. The molecule has 1 aliphatic heterocycles. The van der Waals surface area contributed by atoms with Crippen molar-refractivity contribution >= 4 is 29.1 Å². The summed E-state index contributed by atoms with van der Waals surface area (Å²) in [5, 5.41) is 14.1. The highest BCUT2D eigenvalue weighted by molar-refractivity contribution is 6.19. The first kappa shape index (κ1) is 21.8. The van der Waals surface area contributed by atoms with Crippen molar-refractivity contribution in [2.45, 2.75) is 19.3 Å². The van der Waals surface area contributed by atoms with Crippen LogP contribution in [0.1, 0.15) is 28.8 Å². The van der Waals surface area contributed by atoms with Crippen LogP contribution in [0.2, 0.25) is 0 Å². The molecule has 2 aromatic carbocycles. The van der Waals surface area contributed by atoms with Gasteiger partial charge in [-0.25, -0.2) is 0 Å². The van der Waals surface area contributed by atoms with Crippen LogP contribution < -0.4 is 19.7 Å². The summed E-state index contributed by atoms with van der Waals surface area (Å²) in [5.74, 6) is -0.306. The second-order valence-electron chi connectivity index (χ2n) is 6.77. The van der Waals surface area contributed by atoms with E-state index in [0.29, 0.717) is 22.6 Å². The zero-order valence-electron chi connectivity index (χ0n) is 17.0. The van der Waals surface area contributed by atoms with Crippen LogP contribution >= 0.6 is 0 Å². The molecular formula is C21H21N3O7. The van der Waals surface area contributed by atoms with Crippen LogP contribution in [-0.2, 0) is 16.0 Å². The molecule has 0 atom stereocenters. The SMILES string of the molecule is COc1cc(CCNC(=O)c2ccc(N3C(=O)CCC3=O)cc2)c([N+](=O)[O-])cc1OC. The van der Waals surface area contributed by atoms with Crippen LogP contribution in [0.25, 0.3) is 0 Å². The van der Waals surface area contributed by atoms with Gasteiger partial charge in [0.25, 0.3) is 11.6 Å². The predicted octanol–water partition coefficient (Wildman–Crippen LogP) is 2.24. The number of anilines is 1. The lowest BCUT2D eigenvalue weighted by Crippen LogP contribution is -2.29. The van der Waals surface area contributed by atoms with Crippen molar-refractivity contribution < 1.29 is 28.8 Å². The average molecular weight is 427 g/mol. The first-order valence-electron chi connectivity index (χ1n) is 9.49. The van der Waals surface area contributed by atoms with Gasteiger partial charge in [0.15, 0.2) is 11.5 Å². The zero-order valence-corrected chi connectivity index (χ0v) is 17.0. The third kappa shape index (κ3) is 4.63. The van der Waals surface area contributed by atoms with Crippen LogP contribution in [0.4, 0.5) is 11.4 Å². The second-order valence-corrected chi connectivity index (χ2v) is 6.77. The van der Waals surface area contributed by atoms with Gasteiger partial charge in [0, 0.05) is 30.5 Å². The van der Waals surface area contributed by atoms with Crippen molar-refractivity contribution in [3.63, 3.8) is 0 Å². The molecule has 2 aromatic rings. The maximum Gasteiger partial charge on any atom is 0.276 e. The molecule has 3 amide bonds. The maximum absolute atomic E-state index is 12.4. The molecule has 0 radical (unpaired) electrons. The number of hydrogen-bond donors (Lipinski definition) is 1. The Hall–Kier alpha value is -3.95. The average Bonchev–Trinajstić information content (AvgIpc) is 3.11. The monoisotopic (exact) mass is 427 g/mol. The van der Waals surface area contributed by atoms with Crippen molar-refractivity contribution in [1.29, 1.82) is 0 Å². The Labute approximate surface area is 177 Å². The molecule has 1 heterocycles. The highest BCUT2D eigenvalue weighted by Gasteiger charge is 2.30. The van der Waals surface area contributed by atoms with Crippen molar-refractivity contribution in [1.82, 2.24) is 5.32 Å². The highest BCUT2D eigenvalue weighted by atomic mass is 16.6. The maximum atomic E-state index is 12.4. The Kier molecular flexibility index (Phi) is 6.49. The summed E-state index contributed by atoms with van der Waals surface area (Å²) in [6.07, 6.45) is 0.573. The van der Waals surface area contributed by atoms with E-state index in [0.717, 1.165) is 4.90 Å². The summed E-state index contributed by atoms with van der Waals surface area (Å²) in [4.78, 5) is 48.0. The number of nitrogens with one attached hydrogen (secondary N) is 1. The summed E-state index contributed by atoms with van der Waals surface area (Å²) in [7, 11) is 2.82. The smallest absolute Gasteiger partial charge is 0.276 e. The summed E-state index contributed by atoms with van der Waals surface area (Å²) in [6.45, 7) is 0.153. The summed E-state index contributed by atoms with van der Waals surface area (Å²) in [6, 6.07) is 8.91. The zero-order chi connectivity index (χ0) is 22.5. The standard InChI is InChI=1S/C21H21N3O7/c1-30-17-11-14(16(24(28)29)12-18(17)31-2)9-10-22-21(27)13-3-5-15(6-4-13)23-19(25)7-8-20(23)26/h3-6,11-12H,7-10H2,1-2H3,(H,22,27). The number of nitro benzene ring substituents is 1. The lowest BCUT2D eigenvalue weighted by Gasteiger charge is -2.14. The van der Waals surface area contributed by atoms with Gasteiger partial charge in [-0.05, 0) is 36.8 Å². The van der Waals surface area contributed by atoms with Gasteiger partial charge in [0.05, 0.1) is 30.9 Å². The first-order valence-corrected chi connectivity index (χ1v) is 9.49. The number of rotatable bonds is 8. The largest absolute Gasteiger partial charge is 0.493 e. The number of methoxy groups -OCH3 is 2. The number of imide groups is 1. The highest BCUT2D eigenvalue weighted by Crippen LogP contribution is 2.34. The fourth-order valence-electron chi connectivity index (χ4n) is 3.32. The van der Waals surface area contributed by atoms with Gasteiger partial charge in [-0.15, -0.1) is 0 Å². The molecule has 1 fully saturated rings. The molecule has 10 nitrogen and oxygen atoms in total. The normalized spacial score (nSPS) is 13.3. The second kappa shape index (κ2) is 9.24. The topological polar surface area (TPSA) is 128 Å². The molecule has 1 saturated heterocycles. The van der Waals surface area contributed by atoms with Gasteiger partial charge in [0.2, 0.25) is 11.8 Å². The fraction of sp³-hybridized carbons (Fsp3) is 0.286. The number of hydrogen-bond acceptors (Lipinski definition) is 7. The van der Waals surface area contributed by atoms with Crippen molar-refractivity contribution in [2.24, 2.45) is 0 Å². The molecule has 0 bridgehead atoms. The minimum atomic E-state index is -0.515. The molecule has 0 aromatic heterocycles. The summed E-state index contributed by atoms with van der Waals surface area (Å²) in [5.41, 5.74) is 1.02.